The van der Waals surface area contributed by atoms with Gasteiger partial charge < -0.3 is 10.6 Å². The number of tetrazole rings is 1. The first-order valence-corrected chi connectivity index (χ1v) is 11.0. The summed E-state index contributed by atoms with van der Waals surface area (Å²) in [5.74, 6) is -1.31. The van der Waals surface area contributed by atoms with Gasteiger partial charge in [0.2, 0.25) is 5.91 Å². The topological polar surface area (TPSA) is 156 Å². The zero-order valence-corrected chi connectivity index (χ0v) is 16.8. The summed E-state index contributed by atoms with van der Waals surface area (Å²) in [6.45, 7) is 1.05. The van der Waals surface area contributed by atoms with Crippen molar-refractivity contribution in [2.75, 3.05) is 18.1 Å². The summed E-state index contributed by atoms with van der Waals surface area (Å²) < 4.78 is 24.5. The Balaban J connectivity index is 1.49. The molecule has 1 aromatic carbocycles. The highest BCUT2D eigenvalue weighted by Crippen LogP contribution is 2.29. The number of sulfone groups is 1. The van der Waals surface area contributed by atoms with Gasteiger partial charge in [-0.15, -0.1) is 5.10 Å². The molecule has 0 saturated carbocycles. The molecule has 2 fully saturated rings. The van der Waals surface area contributed by atoms with Gasteiger partial charge in [-0.2, -0.15) is 0 Å². The fourth-order valence-corrected chi connectivity index (χ4v) is 5.27. The second-order valence-corrected chi connectivity index (χ2v) is 9.65. The first-order valence-electron chi connectivity index (χ1n) is 9.16. The number of carbonyl (C=O) groups is 3. The Bertz CT molecular complexity index is 1120. The normalized spacial score (nSPS) is 25.4. The van der Waals surface area contributed by atoms with Crippen molar-refractivity contribution in [3.63, 3.8) is 0 Å². The first kappa shape index (κ1) is 19.9. The molecule has 13 heteroatoms. The van der Waals surface area contributed by atoms with Crippen LogP contribution in [0.4, 0.5) is 4.79 Å². The van der Waals surface area contributed by atoms with E-state index in [1.807, 2.05) is 0 Å². The van der Waals surface area contributed by atoms with E-state index in [0.29, 0.717) is 17.7 Å². The average molecular weight is 433 g/mol. The molecule has 4 amide bonds. The van der Waals surface area contributed by atoms with Crippen molar-refractivity contribution in [2.45, 2.75) is 24.9 Å². The quantitative estimate of drug-likeness (QED) is 0.553. The van der Waals surface area contributed by atoms with Crippen LogP contribution in [0.25, 0.3) is 5.69 Å². The molecule has 30 heavy (non-hydrogen) atoms. The van der Waals surface area contributed by atoms with Gasteiger partial charge in [-0.1, -0.05) is 12.1 Å². The average Bonchev–Trinajstić information content (AvgIpc) is 3.39. The number of hydrogen-bond acceptors (Lipinski definition) is 8. The smallest absolute Gasteiger partial charge is 0.325 e. The van der Waals surface area contributed by atoms with Crippen LogP contribution in [-0.4, -0.2) is 75.5 Å². The molecular weight excluding hydrogens is 414 g/mol. The highest BCUT2D eigenvalue weighted by molar-refractivity contribution is 7.91. The summed E-state index contributed by atoms with van der Waals surface area (Å²) in [7, 11) is -3.16. The number of benzene rings is 1. The Labute approximate surface area is 171 Å². The predicted molar refractivity (Wildman–Crippen MR) is 102 cm³/mol. The fraction of sp³-hybridized carbons (Fsp3) is 0.412. The van der Waals surface area contributed by atoms with Crippen molar-refractivity contribution in [2.24, 2.45) is 0 Å². The number of nitrogens with one attached hydrogen (secondary N) is 2. The highest BCUT2D eigenvalue weighted by Gasteiger charge is 2.49. The Kier molecular flexibility index (Phi) is 4.76. The molecule has 2 aliphatic rings. The molecule has 158 valence electrons. The van der Waals surface area contributed by atoms with Crippen LogP contribution in [0.1, 0.15) is 18.9 Å². The van der Waals surface area contributed by atoms with Crippen molar-refractivity contribution in [3.05, 3.63) is 36.2 Å². The highest BCUT2D eigenvalue weighted by atomic mass is 32.2. The van der Waals surface area contributed by atoms with Crippen molar-refractivity contribution in [3.8, 4) is 5.69 Å². The van der Waals surface area contributed by atoms with Crippen LogP contribution in [0, 0.1) is 0 Å². The lowest BCUT2D eigenvalue weighted by atomic mass is 9.91. The van der Waals surface area contributed by atoms with Gasteiger partial charge in [0.1, 0.15) is 18.4 Å². The van der Waals surface area contributed by atoms with Gasteiger partial charge in [-0.05, 0) is 41.5 Å². The Morgan fingerprint density at radius 2 is 2.17 bits per heavy atom. The largest absolute Gasteiger partial charge is 0.351 e. The number of rotatable bonds is 5. The Morgan fingerprint density at radius 1 is 1.37 bits per heavy atom. The maximum absolute atomic E-state index is 13.0. The summed E-state index contributed by atoms with van der Waals surface area (Å²) in [5.41, 5.74) is -0.281. The molecule has 0 radical (unpaired) electrons. The molecule has 2 unspecified atom stereocenters. The maximum atomic E-state index is 13.0. The molecule has 12 nitrogen and oxygen atoms in total. The predicted octanol–water partition coefficient (Wildman–Crippen LogP) is -1.27. The van der Waals surface area contributed by atoms with Crippen LogP contribution in [-0.2, 0) is 25.0 Å². The number of aromatic nitrogens is 4. The van der Waals surface area contributed by atoms with Gasteiger partial charge in [0.05, 0.1) is 17.2 Å². The van der Waals surface area contributed by atoms with Crippen molar-refractivity contribution in [1.82, 2.24) is 35.7 Å². The minimum Gasteiger partial charge on any atom is -0.351 e. The summed E-state index contributed by atoms with van der Waals surface area (Å²) >= 11 is 0. The molecule has 0 spiro atoms. The van der Waals surface area contributed by atoms with Crippen LogP contribution >= 0.6 is 0 Å². The number of nitrogens with zero attached hydrogens (tertiary/aromatic N) is 5. The number of amides is 4. The molecule has 1 aromatic heterocycles. The maximum Gasteiger partial charge on any atom is 0.325 e. The van der Waals surface area contributed by atoms with Crippen molar-refractivity contribution < 1.29 is 22.8 Å². The summed E-state index contributed by atoms with van der Waals surface area (Å²) in [6.07, 6.45) is 1.71. The van der Waals surface area contributed by atoms with E-state index in [0.717, 1.165) is 4.90 Å². The second-order valence-electron chi connectivity index (χ2n) is 7.42. The second kappa shape index (κ2) is 7.16. The van der Waals surface area contributed by atoms with E-state index in [2.05, 4.69) is 26.2 Å². The third-order valence-corrected chi connectivity index (χ3v) is 6.98. The number of urea groups is 1. The minimum absolute atomic E-state index is 0.0107. The molecule has 0 aliphatic carbocycles. The number of carbonyl (C=O) groups excluding carboxylic acids is 3. The standard InChI is InChI=1S/C17H19N7O5S/c1-17(11-3-2-4-13(7-11)24-10-18-21-22-24)15(26)23(16(27)20-17)8-14(25)19-12-5-6-30(28,29)9-12/h2-4,7,10,12H,5-6,8-9H2,1H3,(H,19,25)(H,20,27). The molecule has 0 bridgehead atoms. The van der Waals surface area contributed by atoms with Gasteiger partial charge in [-0.25, -0.2) is 17.9 Å². The molecule has 2 aliphatic heterocycles. The van der Waals surface area contributed by atoms with E-state index in [4.69, 9.17) is 0 Å². The Morgan fingerprint density at radius 3 is 2.83 bits per heavy atom. The molecule has 2 saturated heterocycles. The van der Waals surface area contributed by atoms with Gasteiger partial charge >= 0.3 is 6.03 Å². The third kappa shape index (κ3) is 3.63. The third-order valence-electron chi connectivity index (χ3n) is 5.21. The van der Waals surface area contributed by atoms with Crippen LogP contribution < -0.4 is 10.6 Å². The summed E-state index contributed by atoms with van der Waals surface area (Å²) in [4.78, 5) is 38.6. The van der Waals surface area contributed by atoms with E-state index >= 15 is 0 Å². The molecule has 2 atom stereocenters. The monoisotopic (exact) mass is 433 g/mol. The zero-order chi connectivity index (χ0) is 21.5. The van der Waals surface area contributed by atoms with Gasteiger partial charge in [0.25, 0.3) is 5.91 Å². The van der Waals surface area contributed by atoms with E-state index in [1.165, 1.54) is 11.0 Å². The first-order chi connectivity index (χ1) is 14.2. The van der Waals surface area contributed by atoms with Gasteiger partial charge in [-0.3, -0.25) is 14.5 Å². The van der Waals surface area contributed by atoms with Crippen LogP contribution in [0.15, 0.2) is 30.6 Å². The van der Waals surface area contributed by atoms with E-state index in [-0.39, 0.29) is 11.5 Å². The van der Waals surface area contributed by atoms with Crippen LogP contribution in [0.5, 0.6) is 0 Å². The summed E-state index contributed by atoms with van der Waals surface area (Å²) in [6, 6.07) is 5.57. The molecular formula is C17H19N7O5S. The molecule has 2 aromatic rings. The molecule has 2 N–H and O–H groups in total. The lowest BCUT2D eigenvalue weighted by Crippen LogP contribution is -2.45. The van der Waals surface area contributed by atoms with Gasteiger partial charge in [0, 0.05) is 6.04 Å². The zero-order valence-electron chi connectivity index (χ0n) is 16.0. The lowest BCUT2D eigenvalue weighted by Gasteiger charge is -2.23. The van der Waals surface area contributed by atoms with E-state index < -0.39 is 45.8 Å². The number of imide groups is 1. The number of hydrogen-bond donors (Lipinski definition) is 2. The summed E-state index contributed by atoms with van der Waals surface area (Å²) in [5, 5.41) is 16.2. The fourth-order valence-electron chi connectivity index (χ4n) is 3.60. The molecule has 4 rings (SSSR count). The minimum atomic E-state index is -3.16. The van der Waals surface area contributed by atoms with Crippen molar-refractivity contribution >= 4 is 27.7 Å². The van der Waals surface area contributed by atoms with Crippen LogP contribution in [0.2, 0.25) is 0 Å². The Hall–Kier alpha value is -3.35. The SMILES string of the molecule is CC1(c2cccc(-n3cnnn3)c2)NC(=O)N(CC(=O)NC2CCS(=O)(=O)C2)C1=O. The van der Waals surface area contributed by atoms with Gasteiger partial charge in [0.15, 0.2) is 9.84 Å². The van der Waals surface area contributed by atoms with E-state index in [1.54, 1.807) is 31.2 Å². The van der Waals surface area contributed by atoms with Crippen molar-refractivity contribution in [1.29, 1.82) is 0 Å². The van der Waals surface area contributed by atoms with Crippen LogP contribution in [0.3, 0.4) is 0 Å². The lowest BCUT2D eigenvalue weighted by molar-refractivity contribution is -0.135. The van der Waals surface area contributed by atoms with E-state index in [9.17, 15) is 22.8 Å². The molecule has 3 heterocycles.